The Balaban J connectivity index is 1.73. The van der Waals surface area contributed by atoms with Crippen LogP contribution in [0.2, 0.25) is 5.02 Å². The zero-order valence-electron chi connectivity index (χ0n) is 25.0. The predicted molar refractivity (Wildman–Crippen MR) is 157 cm³/mol. The molecule has 0 N–H and O–H groups in total. The minimum atomic E-state index is -0.447. The number of hydrogen-bond donors (Lipinski definition) is 0. The van der Waals surface area contributed by atoms with Crippen molar-refractivity contribution in [2.45, 2.75) is 105 Å². The molecule has 1 aromatic rings. The molecule has 1 aromatic carbocycles. The maximum absolute atomic E-state index is 13.7. The van der Waals surface area contributed by atoms with Crippen molar-refractivity contribution in [1.82, 2.24) is 4.90 Å². The monoisotopic (exact) mass is 555 g/mol. The number of ether oxygens (including phenoxy) is 2. The second kappa shape index (κ2) is 11.7. The van der Waals surface area contributed by atoms with Gasteiger partial charge < -0.3 is 14.4 Å². The first-order valence-corrected chi connectivity index (χ1v) is 15.0. The van der Waals surface area contributed by atoms with Gasteiger partial charge in [0.1, 0.15) is 0 Å². The first kappa shape index (κ1) is 29.7. The third-order valence-electron chi connectivity index (χ3n) is 8.51. The van der Waals surface area contributed by atoms with Crippen molar-refractivity contribution in [1.29, 1.82) is 0 Å². The second-order valence-electron chi connectivity index (χ2n) is 13.2. The van der Waals surface area contributed by atoms with E-state index in [1.165, 1.54) is 25.7 Å². The van der Waals surface area contributed by atoms with E-state index in [9.17, 15) is 9.59 Å². The Kier molecular flexibility index (Phi) is 8.90. The van der Waals surface area contributed by atoms with Gasteiger partial charge in [0, 0.05) is 48.3 Å². The van der Waals surface area contributed by atoms with E-state index in [0.29, 0.717) is 36.0 Å². The highest BCUT2D eigenvalue weighted by atomic mass is 35.5. The molecule has 214 valence electrons. The van der Waals surface area contributed by atoms with Crippen molar-refractivity contribution in [2.24, 2.45) is 10.8 Å². The zero-order chi connectivity index (χ0) is 28.5. The Labute approximate surface area is 240 Å². The summed E-state index contributed by atoms with van der Waals surface area (Å²) in [5.74, 6) is 0.845. The van der Waals surface area contributed by atoms with Gasteiger partial charge in [-0.3, -0.25) is 9.59 Å². The van der Waals surface area contributed by atoms with Crippen molar-refractivity contribution >= 4 is 23.2 Å². The molecule has 0 amide bonds. The fraction of sp³-hybridized carbons (Fsp3) is 0.636. The number of ketones is 2. The number of carbonyl (C=O) groups excluding carboxylic acids is 2. The molecule has 6 heteroatoms. The Morgan fingerprint density at radius 3 is 1.95 bits per heavy atom. The number of allylic oxidation sites excluding steroid dienone is 4. The van der Waals surface area contributed by atoms with Gasteiger partial charge in [-0.2, -0.15) is 0 Å². The van der Waals surface area contributed by atoms with Crippen molar-refractivity contribution in [3.63, 3.8) is 0 Å². The molecule has 4 rings (SSSR count). The number of Topliss-reactive ketones (excluding diaryl/α,β-unsaturated/α-hetero) is 2. The summed E-state index contributed by atoms with van der Waals surface area (Å²) in [4.78, 5) is 29.6. The van der Waals surface area contributed by atoms with Crippen molar-refractivity contribution in [3.8, 4) is 11.5 Å². The van der Waals surface area contributed by atoms with Crippen LogP contribution in [0.15, 0.2) is 34.7 Å². The molecule has 0 fully saturated rings. The average Bonchev–Trinajstić information content (AvgIpc) is 2.84. The van der Waals surface area contributed by atoms with Crippen LogP contribution in [0.5, 0.6) is 11.5 Å². The summed E-state index contributed by atoms with van der Waals surface area (Å²) in [6, 6.07) is 3.81. The fourth-order valence-corrected chi connectivity index (χ4v) is 6.87. The van der Waals surface area contributed by atoms with E-state index in [1.54, 1.807) is 7.11 Å². The van der Waals surface area contributed by atoms with E-state index in [2.05, 4.69) is 39.5 Å². The number of hydrogen-bond acceptors (Lipinski definition) is 5. The van der Waals surface area contributed by atoms with Crippen LogP contribution in [0.1, 0.15) is 110 Å². The van der Waals surface area contributed by atoms with Crippen LogP contribution in [0.4, 0.5) is 0 Å². The molecule has 0 bridgehead atoms. The van der Waals surface area contributed by atoms with Crippen LogP contribution in [0, 0.1) is 10.8 Å². The average molecular weight is 556 g/mol. The van der Waals surface area contributed by atoms with Crippen molar-refractivity contribution in [2.75, 3.05) is 20.8 Å². The first-order chi connectivity index (χ1) is 18.4. The van der Waals surface area contributed by atoms with Crippen LogP contribution in [-0.4, -0.2) is 37.2 Å². The molecule has 0 spiro atoms. The van der Waals surface area contributed by atoms with E-state index in [4.69, 9.17) is 21.1 Å². The SMILES string of the molecule is CCCCCCCCOc1c(Cl)cc(C2C3=C(CC(C)(C)CC3=O)N(C)C3=C2C(=O)CC(C)(C)C3)cc1OC. The normalized spacial score (nSPS) is 20.8. The molecule has 1 heterocycles. The molecule has 0 unspecified atom stereocenters. The standard InChI is InChI=1S/C33H46ClNO4/c1-8-9-10-11-12-13-14-39-31-22(34)15-21(16-27(31)38-7)28-29-23(17-32(2,3)19-25(29)36)35(6)24-18-33(4,5)20-26(37)30(24)28/h15-16,28H,8-14,17-20H2,1-7H3. The lowest BCUT2D eigenvalue weighted by Gasteiger charge is -2.48. The van der Waals surface area contributed by atoms with Crippen LogP contribution in [0.3, 0.4) is 0 Å². The first-order valence-electron chi connectivity index (χ1n) is 14.7. The smallest absolute Gasteiger partial charge is 0.179 e. The Hall–Kier alpha value is -2.27. The van der Waals surface area contributed by atoms with Crippen molar-refractivity contribution < 1.29 is 19.1 Å². The summed E-state index contributed by atoms with van der Waals surface area (Å²) in [6.45, 7) is 11.4. The zero-order valence-corrected chi connectivity index (χ0v) is 25.7. The summed E-state index contributed by atoms with van der Waals surface area (Å²) in [5, 5.41) is 0.450. The van der Waals surface area contributed by atoms with E-state index in [-0.39, 0.29) is 22.4 Å². The molecule has 0 aromatic heterocycles. The van der Waals surface area contributed by atoms with E-state index in [1.807, 2.05) is 19.2 Å². The van der Waals surface area contributed by atoms with E-state index < -0.39 is 5.92 Å². The third kappa shape index (κ3) is 6.24. The second-order valence-corrected chi connectivity index (χ2v) is 13.7. The van der Waals surface area contributed by atoms with Crippen LogP contribution >= 0.6 is 11.6 Å². The molecule has 3 aliphatic rings. The largest absolute Gasteiger partial charge is 0.493 e. The summed E-state index contributed by atoms with van der Waals surface area (Å²) in [5.41, 5.74) is 4.09. The summed E-state index contributed by atoms with van der Waals surface area (Å²) in [6.07, 6.45) is 9.55. The quantitative estimate of drug-likeness (QED) is 0.271. The van der Waals surface area contributed by atoms with Gasteiger partial charge in [0.25, 0.3) is 0 Å². The Morgan fingerprint density at radius 2 is 1.41 bits per heavy atom. The highest BCUT2D eigenvalue weighted by Crippen LogP contribution is 2.55. The van der Waals surface area contributed by atoms with Crippen LogP contribution < -0.4 is 9.47 Å². The van der Waals surface area contributed by atoms with E-state index in [0.717, 1.165) is 53.8 Å². The van der Waals surface area contributed by atoms with Crippen LogP contribution in [0.25, 0.3) is 0 Å². The highest BCUT2D eigenvalue weighted by Gasteiger charge is 2.48. The van der Waals surface area contributed by atoms with Gasteiger partial charge in [-0.05, 0) is 47.8 Å². The molecule has 0 radical (unpaired) electrons. The minimum Gasteiger partial charge on any atom is -0.493 e. The fourth-order valence-electron chi connectivity index (χ4n) is 6.60. The Bertz CT molecular complexity index is 1140. The maximum Gasteiger partial charge on any atom is 0.179 e. The molecular weight excluding hydrogens is 510 g/mol. The maximum atomic E-state index is 13.7. The molecular formula is C33H46ClNO4. The lowest BCUT2D eigenvalue weighted by Crippen LogP contribution is -2.43. The van der Waals surface area contributed by atoms with Gasteiger partial charge >= 0.3 is 0 Å². The van der Waals surface area contributed by atoms with Gasteiger partial charge in [0.2, 0.25) is 0 Å². The van der Waals surface area contributed by atoms with Crippen LogP contribution in [-0.2, 0) is 9.59 Å². The number of unbranched alkanes of at least 4 members (excludes halogenated alkanes) is 5. The molecule has 2 aliphatic carbocycles. The van der Waals surface area contributed by atoms with Gasteiger partial charge in [-0.15, -0.1) is 0 Å². The molecule has 5 nitrogen and oxygen atoms in total. The van der Waals surface area contributed by atoms with Crippen molar-refractivity contribution in [3.05, 3.63) is 45.3 Å². The Morgan fingerprint density at radius 1 is 0.872 bits per heavy atom. The topological polar surface area (TPSA) is 55.8 Å². The summed E-state index contributed by atoms with van der Waals surface area (Å²) < 4.78 is 11.9. The summed E-state index contributed by atoms with van der Waals surface area (Å²) in [7, 11) is 3.64. The number of halogens is 1. The molecule has 1 aliphatic heterocycles. The number of rotatable bonds is 10. The lowest BCUT2D eigenvalue weighted by molar-refractivity contribution is -0.119. The number of benzene rings is 1. The minimum absolute atomic E-state index is 0.112. The highest BCUT2D eigenvalue weighted by molar-refractivity contribution is 6.32. The van der Waals surface area contributed by atoms with Gasteiger partial charge in [0.05, 0.1) is 18.7 Å². The number of methoxy groups -OCH3 is 1. The molecule has 0 atom stereocenters. The van der Waals surface area contributed by atoms with Gasteiger partial charge in [-0.25, -0.2) is 0 Å². The van der Waals surface area contributed by atoms with Gasteiger partial charge in [-0.1, -0.05) is 78.3 Å². The molecule has 0 saturated carbocycles. The van der Waals surface area contributed by atoms with E-state index >= 15 is 0 Å². The third-order valence-corrected chi connectivity index (χ3v) is 8.79. The summed E-state index contributed by atoms with van der Waals surface area (Å²) >= 11 is 6.84. The number of carbonyl (C=O) groups is 2. The lowest BCUT2D eigenvalue weighted by atomic mass is 9.63. The number of nitrogens with zero attached hydrogens (tertiary/aromatic N) is 1. The van der Waals surface area contributed by atoms with Gasteiger partial charge in [0.15, 0.2) is 23.1 Å². The molecule has 39 heavy (non-hydrogen) atoms. The molecule has 0 saturated heterocycles. The predicted octanol–water partition coefficient (Wildman–Crippen LogP) is 8.40.